The Kier molecular flexibility index (Phi) is 8.91. The standard InChI is InChI=1S/C21H34N4/c1-2-3-10-20(16-25-19(14-23)12-13-22)24-15-18-9-6-8-17-7-4-5-11-21(17)18/h4-9,11,19-20,24-25H,2-3,10,12-16,22-23H2,1H3. The van der Waals surface area contributed by atoms with Gasteiger partial charge in [-0.1, -0.05) is 62.2 Å². The van der Waals surface area contributed by atoms with Gasteiger partial charge in [-0.05, 0) is 35.7 Å². The Balaban J connectivity index is 1.96. The SMILES string of the molecule is CCCCC(CNC(CN)CCN)NCc1cccc2ccccc12. The number of rotatable bonds is 12. The van der Waals surface area contributed by atoms with E-state index < -0.39 is 0 Å². The number of unbranched alkanes of at least 4 members (excludes halogenated alkanes) is 1. The Labute approximate surface area is 152 Å². The van der Waals surface area contributed by atoms with E-state index in [1.807, 2.05) is 0 Å². The maximum atomic E-state index is 5.83. The van der Waals surface area contributed by atoms with Crippen LogP contribution in [-0.2, 0) is 6.54 Å². The summed E-state index contributed by atoms with van der Waals surface area (Å²) in [6.45, 7) is 5.39. The number of fused-ring (bicyclic) bond motifs is 1. The maximum absolute atomic E-state index is 5.83. The summed E-state index contributed by atoms with van der Waals surface area (Å²) in [6, 6.07) is 15.9. The minimum atomic E-state index is 0.313. The van der Waals surface area contributed by atoms with Crippen molar-refractivity contribution in [2.75, 3.05) is 19.6 Å². The fourth-order valence-corrected chi connectivity index (χ4v) is 3.24. The van der Waals surface area contributed by atoms with Crippen LogP contribution >= 0.6 is 0 Å². The second-order valence-electron chi connectivity index (χ2n) is 6.78. The zero-order chi connectivity index (χ0) is 17.9. The second-order valence-corrected chi connectivity index (χ2v) is 6.78. The Hall–Kier alpha value is -1.46. The fraction of sp³-hybridized carbons (Fsp3) is 0.524. The van der Waals surface area contributed by atoms with Crippen molar-refractivity contribution < 1.29 is 0 Å². The fourth-order valence-electron chi connectivity index (χ4n) is 3.24. The summed E-state index contributed by atoms with van der Waals surface area (Å²) in [5.41, 5.74) is 12.9. The summed E-state index contributed by atoms with van der Waals surface area (Å²) in [4.78, 5) is 0. The molecule has 0 aliphatic heterocycles. The molecule has 2 aromatic rings. The van der Waals surface area contributed by atoms with Crippen LogP contribution in [0, 0.1) is 0 Å². The average Bonchev–Trinajstić information content (AvgIpc) is 2.66. The molecule has 2 atom stereocenters. The highest BCUT2D eigenvalue weighted by Gasteiger charge is 2.12. The predicted molar refractivity (Wildman–Crippen MR) is 109 cm³/mol. The molecular weight excluding hydrogens is 308 g/mol. The van der Waals surface area contributed by atoms with Gasteiger partial charge in [-0.3, -0.25) is 0 Å². The lowest BCUT2D eigenvalue weighted by molar-refractivity contribution is 0.398. The first-order chi connectivity index (χ1) is 12.3. The molecule has 0 aliphatic carbocycles. The van der Waals surface area contributed by atoms with Crippen LogP contribution in [0.2, 0.25) is 0 Å². The van der Waals surface area contributed by atoms with Crippen molar-refractivity contribution in [3.05, 3.63) is 48.0 Å². The molecule has 6 N–H and O–H groups in total. The lowest BCUT2D eigenvalue weighted by Crippen LogP contribution is -2.45. The zero-order valence-electron chi connectivity index (χ0n) is 15.5. The highest BCUT2D eigenvalue weighted by atomic mass is 15.0. The van der Waals surface area contributed by atoms with Crippen LogP contribution in [0.25, 0.3) is 10.8 Å². The Morgan fingerprint density at radius 1 is 0.920 bits per heavy atom. The van der Waals surface area contributed by atoms with E-state index in [4.69, 9.17) is 11.5 Å². The van der Waals surface area contributed by atoms with E-state index in [0.29, 0.717) is 25.2 Å². The molecule has 0 radical (unpaired) electrons. The Bertz CT molecular complexity index is 608. The number of nitrogens with two attached hydrogens (primary N) is 2. The van der Waals surface area contributed by atoms with Crippen molar-refractivity contribution in [3.63, 3.8) is 0 Å². The van der Waals surface area contributed by atoms with E-state index >= 15 is 0 Å². The van der Waals surface area contributed by atoms with Crippen LogP contribution in [0.15, 0.2) is 42.5 Å². The van der Waals surface area contributed by atoms with Crippen LogP contribution in [0.4, 0.5) is 0 Å². The molecule has 0 bridgehead atoms. The summed E-state index contributed by atoms with van der Waals surface area (Å²) >= 11 is 0. The zero-order valence-corrected chi connectivity index (χ0v) is 15.5. The van der Waals surface area contributed by atoms with Crippen molar-refractivity contribution in [2.45, 2.75) is 51.2 Å². The molecule has 0 aliphatic rings. The van der Waals surface area contributed by atoms with Gasteiger partial charge in [0.05, 0.1) is 0 Å². The van der Waals surface area contributed by atoms with Crippen molar-refractivity contribution in [1.29, 1.82) is 0 Å². The molecular formula is C21H34N4. The number of nitrogens with one attached hydrogen (secondary N) is 2. The van der Waals surface area contributed by atoms with E-state index in [1.54, 1.807) is 0 Å². The monoisotopic (exact) mass is 342 g/mol. The number of hydrogen-bond donors (Lipinski definition) is 4. The van der Waals surface area contributed by atoms with Gasteiger partial charge >= 0.3 is 0 Å². The quantitative estimate of drug-likeness (QED) is 0.478. The first-order valence-corrected chi connectivity index (χ1v) is 9.62. The molecule has 2 rings (SSSR count). The van der Waals surface area contributed by atoms with E-state index in [9.17, 15) is 0 Å². The summed E-state index contributed by atoms with van der Waals surface area (Å²) < 4.78 is 0. The molecule has 0 saturated heterocycles. The molecule has 2 unspecified atom stereocenters. The van der Waals surface area contributed by atoms with Gasteiger partial charge in [0.15, 0.2) is 0 Å². The smallest absolute Gasteiger partial charge is 0.0214 e. The summed E-state index contributed by atoms with van der Waals surface area (Å²) in [6.07, 6.45) is 4.56. The number of benzene rings is 2. The highest BCUT2D eigenvalue weighted by Crippen LogP contribution is 2.18. The highest BCUT2D eigenvalue weighted by molar-refractivity contribution is 5.85. The van der Waals surface area contributed by atoms with Crippen LogP contribution < -0.4 is 22.1 Å². The third-order valence-electron chi connectivity index (χ3n) is 4.82. The molecule has 2 aromatic carbocycles. The first kappa shape index (κ1) is 19.9. The topological polar surface area (TPSA) is 76.1 Å². The van der Waals surface area contributed by atoms with Gasteiger partial charge in [0.1, 0.15) is 0 Å². The van der Waals surface area contributed by atoms with Crippen LogP contribution in [-0.4, -0.2) is 31.7 Å². The number of hydrogen-bond acceptors (Lipinski definition) is 4. The molecule has 0 saturated carbocycles. The Morgan fingerprint density at radius 2 is 1.72 bits per heavy atom. The van der Waals surface area contributed by atoms with Gasteiger partial charge in [0.25, 0.3) is 0 Å². The molecule has 138 valence electrons. The molecule has 0 amide bonds. The minimum absolute atomic E-state index is 0.313. The van der Waals surface area contributed by atoms with E-state index in [0.717, 1.165) is 19.5 Å². The average molecular weight is 343 g/mol. The van der Waals surface area contributed by atoms with E-state index in [1.165, 1.54) is 35.6 Å². The van der Waals surface area contributed by atoms with Crippen molar-refractivity contribution in [2.24, 2.45) is 11.5 Å². The molecule has 0 spiro atoms. The molecule has 0 fully saturated rings. The molecule has 0 aromatic heterocycles. The van der Waals surface area contributed by atoms with E-state index in [-0.39, 0.29) is 0 Å². The van der Waals surface area contributed by atoms with Crippen molar-refractivity contribution in [1.82, 2.24) is 10.6 Å². The summed E-state index contributed by atoms with van der Waals surface area (Å²) in [5, 5.41) is 9.97. The van der Waals surface area contributed by atoms with Gasteiger partial charge in [0.2, 0.25) is 0 Å². The van der Waals surface area contributed by atoms with E-state index in [2.05, 4.69) is 60.0 Å². The normalized spacial score (nSPS) is 13.9. The van der Waals surface area contributed by atoms with Gasteiger partial charge < -0.3 is 22.1 Å². The van der Waals surface area contributed by atoms with Crippen molar-refractivity contribution >= 4 is 10.8 Å². The van der Waals surface area contributed by atoms with Crippen LogP contribution in [0.5, 0.6) is 0 Å². The maximum Gasteiger partial charge on any atom is 0.0214 e. The molecule has 0 heterocycles. The second kappa shape index (κ2) is 11.2. The largest absolute Gasteiger partial charge is 0.330 e. The molecule has 25 heavy (non-hydrogen) atoms. The lowest BCUT2D eigenvalue weighted by atomic mass is 10.0. The third-order valence-corrected chi connectivity index (χ3v) is 4.82. The van der Waals surface area contributed by atoms with Crippen molar-refractivity contribution in [3.8, 4) is 0 Å². The van der Waals surface area contributed by atoms with Crippen LogP contribution in [0.3, 0.4) is 0 Å². The summed E-state index contributed by atoms with van der Waals surface area (Å²) in [5.74, 6) is 0. The van der Waals surface area contributed by atoms with Gasteiger partial charge in [-0.25, -0.2) is 0 Å². The first-order valence-electron chi connectivity index (χ1n) is 9.62. The molecule has 4 heteroatoms. The van der Waals surface area contributed by atoms with Gasteiger partial charge in [-0.15, -0.1) is 0 Å². The van der Waals surface area contributed by atoms with Crippen LogP contribution in [0.1, 0.15) is 38.2 Å². The third kappa shape index (κ3) is 6.40. The summed E-state index contributed by atoms with van der Waals surface area (Å²) in [7, 11) is 0. The van der Waals surface area contributed by atoms with Gasteiger partial charge in [0, 0.05) is 31.7 Å². The minimum Gasteiger partial charge on any atom is -0.330 e. The predicted octanol–water partition coefficient (Wildman–Crippen LogP) is 2.75. The molecule has 4 nitrogen and oxygen atoms in total. The van der Waals surface area contributed by atoms with Gasteiger partial charge in [-0.2, -0.15) is 0 Å². The lowest BCUT2D eigenvalue weighted by Gasteiger charge is -2.23. The Morgan fingerprint density at radius 3 is 2.48 bits per heavy atom.